The van der Waals surface area contributed by atoms with E-state index in [1.807, 2.05) is 24.0 Å². The van der Waals surface area contributed by atoms with Crippen LogP contribution in [0.4, 0.5) is 11.6 Å². The number of methoxy groups -OCH3 is 1. The minimum Gasteiger partial charge on any atom is -0.490 e. The Bertz CT molecular complexity index is 514. The molecule has 0 fully saturated rings. The summed E-state index contributed by atoms with van der Waals surface area (Å²) in [6.45, 7) is 4.52. The molecule has 0 radical (unpaired) electrons. The van der Waals surface area contributed by atoms with Crippen molar-refractivity contribution in [3.05, 3.63) is 25.0 Å². The lowest BCUT2D eigenvalue weighted by atomic mass is 10.4. The molecule has 0 aromatic carbocycles. The lowest BCUT2D eigenvalue weighted by Gasteiger charge is -2.13. The van der Waals surface area contributed by atoms with E-state index in [9.17, 15) is 0 Å². The smallest absolute Gasteiger partial charge is 0.204 e. The number of aromatic nitrogens is 4. The summed E-state index contributed by atoms with van der Waals surface area (Å²) in [7, 11) is 1.62. The standard InChI is InChI=1S/C13H20N6O/c1-3-15-12-11(20-2)13(18-9-17-12)16-5-4-7-19-8-6-14-10-19/h6,8-10H,3-5,7H2,1-2H3,(H2,15,16,17,18). The van der Waals surface area contributed by atoms with Crippen LogP contribution in [0.5, 0.6) is 5.75 Å². The highest BCUT2D eigenvalue weighted by molar-refractivity contribution is 5.63. The van der Waals surface area contributed by atoms with Crippen LogP contribution in [0.25, 0.3) is 0 Å². The lowest BCUT2D eigenvalue weighted by Crippen LogP contribution is -2.10. The first kappa shape index (κ1) is 14.1. The molecule has 2 aromatic heterocycles. The van der Waals surface area contributed by atoms with Gasteiger partial charge in [0, 0.05) is 32.0 Å². The van der Waals surface area contributed by atoms with Gasteiger partial charge in [-0.2, -0.15) is 0 Å². The predicted molar refractivity (Wildman–Crippen MR) is 78.1 cm³/mol. The number of aryl methyl sites for hydroxylation is 1. The van der Waals surface area contributed by atoms with Gasteiger partial charge >= 0.3 is 0 Å². The molecule has 2 rings (SSSR count). The predicted octanol–water partition coefficient (Wildman–Crippen LogP) is 1.62. The Balaban J connectivity index is 1.90. The average Bonchev–Trinajstić information content (AvgIpc) is 2.97. The molecular weight excluding hydrogens is 256 g/mol. The summed E-state index contributed by atoms with van der Waals surface area (Å²) in [6.07, 6.45) is 8.05. The van der Waals surface area contributed by atoms with Gasteiger partial charge in [-0.15, -0.1) is 0 Å². The Hall–Kier alpha value is -2.31. The highest BCUT2D eigenvalue weighted by Gasteiger charge is 2.10. The van der Waals surface area contributed by atoms with Crippen LogP contribution in [-0.2, 0) is 6.54 Å². The van der Waals surface area contributed by atoms with Crippen molar-refractivity contribution in [1.82, 2.24) is 19.5 Å². The fourth-order valence-electron chi connectivity index (χ4n) is 1.87. The van der Waals surface area contributed by atoms with Crippen LogP contribution in [0.2, 0.25) is 0 Å². The zero-order chi connectivity index (χ0) is 14.2. The van der Waals surface area contributed by atoms with Crippen molar-refractivity contribution in [2.75, 3.05) is 30.8 Å². The zero-order valence-corrected chi connectivity index (χ0v) is 11.8. The third kappa shape index (κ3) is 3.59. The molecule has 2 aromatic rings. The molecule has 0 spiro atoms. The second-order valence-corrected chi connectivity index (χ2v) is 4.22. The number of ether oxygens (including phenoxy) is 1. The zero-order valence-electron chi connectivity index (χ0n) is 11.8. The van der Waals surface area contributed by atoms with Crippen molar-refractivity contribution in [2.24, 2.45) is 0 Å². The minimum absolute atomic E-state index is 0.650. The van der Waals surface area contributed by atoms with Crippen LogP contribution in [0.1, 0.15) is 13.3 Å². The molecule has 0 atom stereocenters. The van der Waals surface area contributed by atoms with Crippen molar-refractivity contribution in [3.63, 3.8) is 0 Å². The molecule has 0 aliphatic heterocycles. The van der Waals surface area contributed by atoms with Crippen molar-refractivity contribution in [3.8, 4) is 5.75 Å². The number of nitrogens with zero attached hydrogens (tertiary/aromatic N) is 4. The van der Waals surface area contributed by atoms with Crippen molar-refractivity contribution < 1.29 is 4.74 Å². The number of anilines is 2. The van der Waals surface area contributed by atoms with Crippen LogP contribution >= 0.6 is 0 Å². The summed E-state index contributed by atoms with van der Waals surface area (Å²) in [5.41, 5.74) is 0. The Morgan fingerprint density at radius 1 is 1.25 bits per heavy atom. The van der Waals surface area contributed by atoms with E-state index >= 15 is 0 Å². The van der Waals surface area contributed by atoms with Crippen molar-refractivity contribution in [1.29, 1.82) is 0 Å². The molecule has 108 valence electrons. The van der Waals surface area contributed by atoms with Gasteiger partial charge in [0.05, 0.1) is 13.4 Å². The second-order valence-electron chi connectivity index (χ2n) is 4.22. The summed E-state index contributed by atoms with van der Waals surface area (Å²) in [5.74, 6) is 2.07. The molecule has 7 heteroatoms. The lowest BCUT2D eigenvalue weighted by molar-refractivity contribution is 0.414. The van der Waals surface area contributed by atoms with E-state index in [1.165, 1.54) is 6.33 Å². The Kier molecular flexibility index (Phi) is 5.16. The summed E-state index contributed by atoms with van der Waals surface area (Å²) >= 11 is 0. The average molecular weight is 276 g/mol. The third-order valence-corrected chi connectivity index (χ3v) is 2.80. The van der Waals surface area contributed by atoms with E-state index < -0.39 is 0 Å². The second kappa shape index (κ2) is 7.32. The van der Waals surface area contributed by atoms with Crippen LogP contribution < -0.4 is 15.4 Å². The van der Waals surface area contributed by atoms with Gasteiger partial charge < -0.3 is 19.9 Å². The normalized spacial score (nSPS) is 10.3. The molecule has 2 heterocycles. The molecule has 0 aliphatic rings. The molecule has 0 unspecified atom stereocenters. The Morgan fingerprint density at radius 2 is 2.05 bits per heavy atom. The van der Waals surface area contributed by atoms with Gasteiger partial charge in [0.1, 0.15) is 6.33 Å². The SMILES string of the molecule is CCNc1ncnc(NCCCn2ccnc2)c1OC. The van der Waals surface area contributed by atoms with Crippen molar-refractivity contribution >= 4 is 11.6 Å². The largest absolute Gasteiger partial charge is 0.490 e. The molecule has 0 saturated heterocycles. The first-order valence-corrected chi connectivity index (χ1v) is 6.67. The van der Waals surface area contributed by atoms with Crippen LogP contribution in [0.3, 0.4) is 0 Å². The minimum atomic E-state index is 0.650. The molecule has 20 heavy (non-hydrogen) atoms. The highest BCUT2D eigenvalue weighted by Crippen LogP contribution is 2.28. The molecule has 0 aliphatic carbocycles. The summed E-state index contributed by atoms with van der Waals surface area (Å²) < 4.78 is 7.41. The maximum atomic E-state index is 5.37. The summed E-state index contributed by atoms with van der Waals surface area (Å²) in [5, 5.41) is 6.43. The first-order chi connectivity index (χ1) is 9.85. The number of hydrogen-bond donors (Lipinski definition) is 2. The molecule has 7 nitrogen and oxygen atoms in total. The third-order valence-electron chi connectivity index (χ3n) is 2.80. The summed E-state index contributed by atoms with van der Waals surface area (Å²) in [4.78, 5) is 12.4. The molecular formula is C13H20N6O. The first-order valence-electron chi connectivity index (χ1n) is 6.67. The molecule has 0 amide bonds. The fourth-order valence-corrected chi connectivity index (χ4v) is 1.87. The number of imidazole rings is 1. The topological polar surface area (TPSA) is 76.9 Å². The Morgan fingerprint density at radius 3 is 2.70 bits per heavy atom. The number of hydrogen-bond acceptors (Lipinski definition) is 6. The van der Waals surface area contributed by atoms with E-state index in [2.05, 4.69) is 25.6 Å². The van der Waals surface area contributed by atoms with Gasteiger partial charge in [-0.3, -0.25) is 0 Å². The van der Waals surface area contributed by atoms with Gasteiger partial charge in [0.2, 0.25) is 5.75 Å². The van der Waals surface area contributed by atoms with Gasteiger partial charge in [-0.1, -0.05) is 0 Å². The quantitative estimate of drug-likeness (QED) is 0.713. The molecule has 2 N–H and O–H groups in total. The van der Waals surface area contributed by atoms with E-state index in [4.69, 9.17) is 4.74 Å². The van der Waals surface area contributed by atoms with Gasteiger partial charge in [-0.25, -0.2) is 15.0 Å². The maximum Gasteiger partial charge on any atom is 0.204 e. The van der Waals surface area contributed by atoms with Crippen molar-refractivity contribution in [2.45, 2.75) is 19.9 Å². The maximum absolute atomic E-state index is 5.37. The van der Waals surface area contributed by atoms with E-state index in [1.54, 1.807) is 13.3 Å². The van der Waals surface area contributed by atoms with E-state index in [0.29, 0.717) is 17.4 Å². The molecule has 0 bridgehead atoms. The van der Waals surface area contributed by atoms with Crippen LogP contribution in [0, 0.1) is 0 Å². The molecule has 0 saturated carbocycles. The van der Waals surface area contributed by atoms with E-state index in [0.717, 1.165) is 26.1 Å². The number of nitrogens with one attached hydrogen (secondary N) is 2. The number of rotatable bonds is 8. The fraction of sp³-hybridized carbons (Fsp3) is 0.462. The monoisotopic (exact) mass is 276 g/mol. The van der Waals surface area contributed by atoms with Crippen LogP contribution in [-0.4, -0.2) is 39.7 Å². The van der Waals surface area contributed by atoms with Gasteiger partial charge in [0.15, 0.2) is 11.6 Å². The van der Waals surface area contributed by atoms with E-state index in [-0.39, 0.29) is 0 Å². The van der Waals surface area contributed by atoms with Gasteiger partial charge in [-0.05, 0) is 13.3 Å². The van der Waals surface area contributed by atoms with Gasteiger partial charge in [0.25, 0.3) is 0 Å². The Labute approximate surface area is 118 Å². The highest BCUT2D eigenvalue weighted by atomic mass is 16.5. The van der Waals surface area contributed by atoms with Crippen LogP contribution in [0.15, 0.2) is 25.0 Å². The summed E-state index contributed by atoms with van der Waals surface area (Å²) in [6, 6.07) is 0.